The molecule has 2 aromatic heterocycles. The van der Waals surface area contributed by atoms with Gasteiger partial charge in [-0.3, -0.25) is 4.79 Å². The van der Waals surface area contributed by atoms with E-state index in [-0.39, 0.29) is 5.91 Å². The molecule has 0 saturated heterocycles. The van der Waals surface area contributed by atoms with E-state index in [4.69, 9.17) is 20.9 Å². The standard InChI is InChI=1S/C18H18ClN3O3/c1-10-13(9-24-2)17(21-25-10)18(23)22-7-6-15-12(8-22)11-4-3-5-14(19)16(11)20-15/h3-5,20H,6-9H2,1-2H3. The Bertz CT molecular complexity index is 960. The van der Waals surface area contributed by atoms with Crippen molar-refractivity contribution in [3.8, 4) is 0 Å². The summed E-state index contributed by atoms with van der Waals surface area (Å²) in [6.45, 7) is 3.23. The van der Waals surface area contributed by atoms with Gasteiger partial charge in [0.05, 0.1) is 22.7 Å². The van der Waals surface area contributed by atoms with Crippen molar-refractivity contribution in [2.75, 3.05) is 13.7 Å². The molecule has 130 valence electrons. The molecule has 0 unspecified atom stereocenters. The summed E-state index contributed by atoms with van der Waals surface area (Å²) < 4.78 is 10.4. The predicted molar refractivity (Wildman–Crippen MR) is 93.7 cm³/mol. The molecule has 25 heavy (non-hydrogen) atoms. The van der Waals surface area contributed by atoms with Gasteiger partial charge in [0, 0.05) is 43.3 Å². The number of nitrogens with zero attached hydrogens (tertiary/aromatic N) is 2. The number of aromatic nitrogens is 2. The van der Waals surface area contributed by atoms with Gasteiger partial charge in [0.2, 0.25) is 0 Å². The summed E-state index contributed by atoms with van der Waals surface area (Å²) in [5, 5.41) is 5.71. The number of ether oxygens (including phenoxy) is 1. The number of nitrogens with one attached hydrogen (secondary N) is 1. The highest BCUT2D eigenvalue weighted by atomic mass is 35.5. The van der Waals surface area contributed by atoms with E-state index >= 15 is 0 Å². The average Bonchev–Trinajstić information content (AvgIpc) is 3.16. The molecular formula is C18H18ClN3O3. The lowest BCUT2D eigenvalue weighted by Gasteiger charge is -2.26. The second-order valence-corrected chi connectivity index (χ2v) is 6.63. The third kappa shape index (κ3) is 2.62. The minimum atomic E-state index is -0.133. The van der Waals surface area contributed by atoms with Crippen LogP contribution in [0.4, 0.5) is 0 Å². The highest BCUT2D eigenvalue weighted by Crippen LogP contribution is 2.32. The van der Waals surface area contributed by atoms with Gasteiger partial charge in [-0.25, -0.2) is 0 Å². The van der Waals surface area contributed by atoms with Crippen molar-refractivity contribution >= 4 is 28.4 Å². The first-order chi connectivity index (χ1) is 12.1. The molecule has 3 heterocycles. The average molecular weight is 360 g/mol. The number of benzene rings is 1. The van der Waals surface area contributed by atoms with Crippen LogP contribution in [0.1, 0.15) is 33.1 Å². The Labute approximate surface area is 149 Å². The number of halogens is 1. The van der Waals surface area contributed by atoms with E-state index in [0.29, 0.717) is 41.7 Å². The zero-order chi connectivity index (χ0) is 17.6. The van der Waals surface area contributed by atoms with Gasteiger partial charge in [0.25, 0.3) is 5.91 Å². The number of hydrogen-bond donors (Lipinski definition) is 1. The second-order valence-electron chi connectivity index (χ2n) is 6.22. The van der Waals surface area contributed by atoms with Crippen LogP contribution < -0.4 is 0 Å². The Kier molecular flexibility index (Phi) is 4.01. The van der Waals surface area contributed by atoms with E-state index in [1.54, 1.807) is 18.9 Å². The molecule has 4 rings (SSSR count). The van der Waals surface area contributed by atoms with Gasteiger partial charge in [-0.1, -0.05) is 28.9 Å². The molecule has 7 heteroatoms. The SMILES string of the molecule is COCc1c(C(=O)N2CCc3[nH]c4c(Cl)cccc4c3C2)noc1C. The number of fused-ring (bicyclic) bond motifs is 3. The summed E-state index contributed by atoms with van der Waals surface area (Å²) in [7, 11) is 1.59. The van der Waals surface area contributed by atoms with Crippen molar-refractivity contribution in [1.29, 1.82) is 0 Å². The van der Waals surface area contributed by atoms with E-state index in [0.717, 1.165) is 28.6 Å². The molecule has 0 fully saturated rings. The van der Waals surface area contributed by atoms with Gasteiger partial charge < -0.3 is 19.1 Å². The fourth-order valence-electron chi connectivity index (χ4n) is 3.40. The van der Waals surface area contributed by atoms with Crippen molar-refractivity contribution in [3.63, 3.8) is 0 Å². The molecule has 1 aromatic carbocycles. The summed E-state index contributed by atoms with van der Waals surface area (Å²) in [5.74, 6) is 0.479. The molecule has 3 aromatic rings. The van der Waals surface area contributed by atoms with Gasteiger partial charge in [0.1, 0.15) is 5.76 Å². The molecule has 1 amide bonds. The van der Waals surface area contributed by atoms with E-state index in [9.17, 15) is 4.79 Å². The third-order valence-corrected chi connectivity index (χ3v) is 5.04. The maximum absolute atomic E-state index is 13.0. The Morgan fingerprint density at radius 3 is 3.12 bits per heavy atom. The quantitative estimate of drug-likeness (QED) is 0.777. The summed E-state index contributed by atoms with van der Waals surface area (Å²) >= 11 is 6.28. The van der Waals surface area contributed by atoms with Crippen LogP contribution in [0.5, 0.6) is 0 Å². The Morgan fingerprint density at radius 2 is 2.32 bits per heavy atom. The number of carbonyl (C=O) groups excluding carboxylic acids is 1. The summed E-state index contributed by atoms with van der Waals surface area (Å²) in [6.07, 6.45) is 0.753. The first kappa shape index (κ1) is 16.2. The van der Waals surface area contributed by atoms with Crippen LogP contribution in [-0.2, 0) is 24.3 Å². The fourth-order valence-corrected chi connectivity index (χ4v) is 3.62. The van der Waals surface area contributed by atoms with Crippen molar-refractivity contribution in [1.82, 2.24) is 15.0 Å². The number of methoxy groups -OCH3 is 1. The molecule has 0 aliphatic carbocycles. The molecule has 0 radical (unpaired) electrons. The normalized spacial score (nSPS) is 14.1. The van der Waals surface area contributed by atoms with Crippen LogP contribution in [0.25, 0.3) is 10.9 Å². The lowest BCUT2D eigenvalue weighted by molar-refractivity contribution is 0.0720. The van der Waals surface area contributed by atoms with Crippen LogP contribution in [0.2, 0.25) is 5.02 Å². The minimum Gasteiger partial charge on any atom is -0.380 e. The monoisotopic (exact) mass is 359 g/mol. The van der Waals surface area contributed by atoms with Gasteiger partial charge >= 0.3 is 0 Å². The molecule has 1 aliphatic rings. The largest absolute Gasteiger partial charge is 0.380 e. The number of carbonyl (C=O) groups is 1. The maximum Gasteiger partial charge on any atom is 0.276 e. The van der Waals surface area contributed by atoms with Crippen molar-refractivity contribution in [2.24, 2.45) is 0 Å². The van der Waals surface area contributed by atoms with Crippen LogP contribution >= 0.6 is 11.6 Å². The first-order valence-corrected chi connectivity index (χ1v) is 8.49. The van der Waals surface area contributed by atoms with Crippen LogP contribution in [0.3, 0.4) is 0 Å². The van der Waals surface area contributed by atoms with Gasteiger partial charge in [-0.15, -0.1) is 0 Å². The number of rotatable bonds is 3. The molecule has 0 saturated carbocycles. The predicted octanol–water partition coefficient (Wildman–Crippen LogP) is 3.46. The highest BCUT2D eigenvalue weighted by molar-refractivity contribution is 6.35. The zero-order valence-electron chi connectivity index (χ0n) is 14.1. The van der Waals surface area contributed by atoms with Crippen LogP contribution in [0.15, 0.2) is 22.7 Å². The maximum atomic E-state index is 13.0. The van der Waals surface area contributed by atoms with Gasteiger partial charge in [-0.2, -0.15) is 0 Å². The molecule has 0 atom stereocenters. The van der Waals surface area contributed by atoms with Crippen molar-refractivity contribution in [3.05, 3.63) is 51.5 Å². The molecule has 6 nitrogen and oxygen atoms in total. The van der Waals surface area contributed by atoms with Gasteiger partial charge in [-0.05, 0) is 13.0 Å². The lowest BCUT2D eigenvalue weighted by atomic mass is 10.0. The first-order valence-electron chi connectivity index (χ1n) is 8.11. The zero-order valence-corrected chi connectivity index (χ0v) is 14.8. The number of amides is 1. The number of aryl methyl sites for hydroxylation is 1. The van der Waals surface area contributed by atoms with E-state index in [1.807, 2.05) is 18.2 Å². The number of hydrogen-bond acceptors (Lipinski definition) is 4. The van der Waals surface area contributed by atoms with Gasteiger partial charge in [0.15, 0.2) is 5.69 Å². The fraction of sp³-hybridized carbons (Fsp3) is 0.333. The molecule has 1 aliphatic heterocycles. The Hall–Kier alpha value is -2.31. The number of H-pyrrole nitrogens is 1. The summed E-state index contributed by atoms with van der Waals surface area (Å²) in [5.41, 5.74) is 4.23. The number of aromatic amines is 1. The van der Waals surface area contributed by atoms with E-state index < -0.39 is 0 Å². The van der Waals surface area contributed by atoms with E-state index in [2.05, 4.69) is 10.1 Å². The van der Waals surface area contributed by atoms with E-state index in [1.165, 1.54) is 0 Å². The molecule has 1 N–H and O–H groups in total. The van der Waals surface area contributed by atoms with Crippen molar-refractivity contribution < 1.29 is 14.1 Å². The van der Waals surface area contributed by atoms with Crippen molar-refractivity contribution in [2.45, 2.75) is 26.5 Å². The van der Waals surface area contributed by atoms with Crippen LogP contribution in [0, 0.1) is 6.92 Å². The molecule has 0 spiro atoms. The minimum absolute atomic E-state index is 0.133. The van der Waals surface area contributed by atoms with Crippen LogP contribution in [-0.4, -0.2) is 34.6 Å². The molecular weight excluding hydrogens is 342 g/mol. The lowest BCUT2D eigenvalue weighted by Crippen LogP contribution is -2.36. The summed E-state index contributed by atoms with van der Waals surface area (Å²) in [4.78, 5) is 18.1. The number of para-hydroxylation sites is 1. The molecule has 0 bridgehead atoms. The summed E-state index contributed by atoms with van der Waals surface area (Å²) in [6, 6.07) is 5.82. The topological polar surface area (TPSA) is 71.4 Å². The highest BCUT2D eigenvalue weighted by Gasteiger charge is 2.29. The Balaban J connectivity index is 1.67. The third-order valence-electron chi connectivity index (χ3n) is 4.72. The smallest absolute Gasteiger partial charge is 0.276 e. The second kappa shape index (κ2) is 6.20. The Morgan fingerprint density at radius 1 is 1.48 bits per heavy atom.